The lowest BCUT2D eigenvalue weighted by Crippen LogP contribution is -2.65. The molecule has 2 aliphatic rings. The molecule has 2 bridgehead atoms. The van der Waals surface area contributed by atoms with Gasteiger partial charge in [0.1, 0.15) is 12.1 Å². The van der Waals surface area contributed by atoms with Gasteiger partial charge in [-0.2, -0.15) is 0 Å². The zero-order chi connectivity index (χ0) is 21.0. The van der Waals surface area contributed by atoms with Gasteiger partial charge in [-0.05, 0) is 43.2 Å². The van der Waals surface area contributed by atoms with Crippen molar-refractivity contribution in [2.75, 3.05) is 0 Å². The molecule has 0 aromatic rings. The minimum absolute atomic E-state index is 0.0785. The molecule has 0 radical (unpaired) electrons. The Labute approximate surface area is 168 Å². The fourth-order valence-electron chi connectivity index (χ4n) is 2.97. The molecule has 1 fully saturated rings. The Balaban J connectivity index is 2.35. The summed E-state index contributed by atoms with van der Waals surface area (Å²) in [6.45, 7) is 26.6. The minimum Gasteiger partial charge on any atom is -0.449 e. The Morgan fingerprint density at radius 3 is 1.74 bits per heavy atom. The van der Waals surface area contributed by atoms with Gasteiger partial charge in [-0.25, -0.2) is 4.99 Å². The van der Waals surface area contributed by atoms with Gasteiger partial charge < -0.3 is 18.3 Å². The number of ether oxygens (including phenoxy) is 2. The van der Waals surface area contributed by atoms with Crippen molar-refractivity contribution < 1.29 is 18.3 Å². The van der Waals surface area contributed by atoms with E-state index in [1.54, 1.807) is 0 Å². The molecule has 1 unspecified atom stereocenters. The first-order valence-corrected chi connectivity index (χ1v) is 16.0. The van der Waals surface area contributed by atoms with Gasteiger partial charge >= 0.3 is 0 Å². The van der Waals surface area contributed by atoms with E-state index in [9.17, 15) is 0 Å². The maximum atomic E-state index is 6.81. The minimum atomic E-state index is -2.00. The Morgan fingerprint density at radius 2 is 1.30 bits per heavy atom. The Hall–Kier alpha value is -0.216. The van der Waals surface area contributed by atoms with E-state index in [1.807, 2.05) is 6.92 Å². The number of hydrogen-bond donors (Lipinski definition) is 0. The fourth-order valence-corrected chi connectivity index (χ4v) is 5.62. The second-order valence-electron chi connectivity index (χ2n) is 11.2. The van der Waals surface area contributed by atoms with Gasteiger partial charge in [0.05, 0.1) is 12.2 Å². The van der Waals surface area contributed by atoms with E-state index in [1.165, 1.54) is 0 Å². The lowest BCUT2D eigenvalue weighted by Gasteiger charge is -2.52. The molecule has 27 heavy (non-hydrogen) atoms. The molecule has 0 N–H and O–H groups in total. The number of nitrogens with zero attached hydrogens (tertiary/aromatic N) is 1. The van der Waals surface area contributed by atoms with Crippen LogP contribution < -0.4 is 0 Å². The molecule has 2 heterocycles. The summed E-state index contributed by atoms with van der Waals surface area (Å²) < 4.78 is 25.7. The van der Waals surface area contributed by atoms with E-state index >= 15 is 0 Å². The quantitative estimate of drug-likeness (QED) is 0.582. The van der Waals surface area contributed by atoms with Crippen molar-refractivity contribution in [3.8, 4) is 0 Å². The van der Waals surface area contributed by atoms with Crippen LogP contribution in [-0.4, -0.2) is 53.2 Å². The highest BCUT2D eigenvalue weighted by Crippen LogP contribution is 2.44. The molecule has 0 aromatic heterocycles. The monoisotopic (exact) mass is 415 g/mol. The molecule has 0 saturated carbocycles. The molecule has 7 heteroatoms. The van der Waals surface area contributed by atoms with Crippen LogP contribution in [0.1, 0.15) is 55.4 Å². The molecule has 5 nitrogen and oxygen atoms in total. The molecule has 2 rings (SSSR count). The van der Waals surface area contributed by atoms with Gasteiger partial charge in [0.15, 0.2) is 22.5 Å². The van der Waals surface area contributed by atoms with Crippen molar-refractivity contribution in [2.45, 2.75) is 122 Å². The topological polar surface area (TPSA) is 49.3 Å². The van der Waals surface area contributed by atoms with Crippen molar-refractivity contribution >= 4 is 22.5 Å². The Morgan fingerprint density at radius 1 is 0.852 bits per heavy atom. The van der Waals surface area contributed by atoms with Gasteiger partial charge in [0.25, 0.3) is 0 Å². The summed E-state index contributed by atoms with van der Waals surface area (Å²) in [5, 5.41) is 0.238. The SMILES string of the molecule is CC1=N[C@@H]2C(O[Si](C)(C)C(C)(C)C)[C@H](O1)O[C@H](C)[C@H]2O[Si](C)(C)C(C)(C)C. The van der Waals surface area contributed by atoms with Crippen LogP contribution in [0.25, 0.3) is 0 Å². The average Bonchev–Trinajstić information content (AvgIpc) is 2.43. The third kappa shape index (κ3) is 4.69. The summed E-state index contributed by atoms with van der Waals surface area (Å²) >= 11 is 0. The number of hydrogen-bond acceptors (Lipinski definition) is 5. The van der Waals surface area contributed by atoms with Crippen LogP contribution in [0.4, 0.5) is 0 Å². The smallest absolute Gasteiger partial charge is 0.229 e. The first-order chi connectivity index (χ1) is 12.0. The van der Waals surface area contributed by atoms with E-state index < -0.39 is 22.9 Å². The zero-order valence-electron chi connectivity index (χ0n) is 19.5. The van der Waals surface area contributed by atoms with Crippen LogP contribution in [0.5, 0.6) is 0 Å². The molecule has 158 valence electrons. The second-order valence-corrected chi connectivity index (χ2v) is 20.7. The van der Waals surface area contributed by atoms with Gasteiger partial charge in [-0.3, -0.25) is 0 Å². The third-order valence-corrected chi connectivity index (χ3v) is 15.8. The van der Waals surface area contributed by atoms with Crippen molar-refractivity contribution in [3.05, 3.63) is 0 Å². The Bertz CT molecular complexity index is 578. The molecule has 5 atom stereocenters. The van der Waals surface area contributed by atoms with E-state index in [-0.39, 0.29) is 34.4 Å². The molecule has 0 amide bonds. The zero-order valence-corrected chi connectivity index (χ0v) is 21.5. The predicted molar refractivity (Wildman–Crippen MR) is 116 cm³/mol. The maximum Gasteiger partial charge on any atom is 0.229 e. The van der Waals surface area contributed by atoms with E-state index in [2.05, 4.69) is 74.7 Å². The number of aliphatic imine (C=N–C) groups is 1. The molecule has 1 saturated heterocycles. The summed E-state index contributed by atoms with van der Waals surface area (Å²) in [5.74, 6) is 0.663. The highest BCUT2D eigenvalue weighted by Gasteiger charge is 2.54. The normalized spacial score (nSPS) is 32.7. The van der Waals surface area contributed by atoms with E-state index in [0.29, 0.717) is 5.90 Å². The highest BCUT2D eigenvalue weighted by atomic mass is 28.4. The number of rotatable bonds is 4. The lowest BCUT2D eigenvalue weighted by atomic mass is 9.97. The van der Waals surface area contributed by atoms with Crippen LogP contribution in [0.15, 0.2) is 4.99 Å². The summed E-state index contributed by atoms with van der Waals surface area (Å²) in [4.78, 5) is 4.86. The molecular weight excluding hydrogens is 374 g/mol. The molecule has 0 spiro atoms. The molecule has 0 aliphatic carbocycles. The predicted octanol–water partition coefficient (Wildman–Crippen LogP) is 5.33. The van der Waals surface area contributed by atoms with Gasteiger partial charge in [-0.15, -0.1) is 0 Å². The standard InChI is InChI=1S/C20H41NO4Si2/c1-13-16(24-26(9,10)19(3,4)5)15-17(18(22-13)23-14(2)21-15)25-27(11,12)20(6,7)8/h13,15-18H,1-12H3/t13-,15+,16-,17?,18+/m1/s1. The molecular formula is C20H41NO4Si2. The van der Waals surface area contributed by atoms with Crippen molar-refractivity contribution in [3.63, 3.8) is 0 Å². The molecule has 0 aromatic carbocycles. The van der Waals surface area contributed by atoms with Crippen LogP contribution >= 0.6 is 0 Å². The highest BCUT2D eigenvalue weighted by molar-refractivity contribution is 6.74. The van der Waals surface area contributed by atoms with Crippen LogP contribution in [-0.2, 0) is 18.3 Å². The summed E-state index contributed by atoms with van der Waals surface area (Å²) in [7, 11) is -3.97. The number of fused-ring (bicyclic) bond motifs is 2. The summed E-state index contributed by atoms with van der Waals surface area (Å²) in [6, 6.07) is -0.0873. The summed E-state index contributed by atoms with van der Waals surface area (Å²) in [5.41, 5.74) is 0. The van der Waals surface area contributed by atoms with Gasteiger partial charge in [-0.1, -0.05) is 41.5 Å². The largest absolute Gasteiger partial charge is 0.449 e. The van der Waals surface area contributed by atoms with Gasteiger partial charge in [0, 0.05) is 6.92 Å². The van der Waals surface area contributed by atoms with E-state index in [0.717, 1.165) is 0 Å². The Kier molecular flexibility index (Phi) is 6.18. The van der Waals surface area contributed by atoms with Crippen molar-refractivity contribution in [1.29, 1.82) is 0 Å². The third-order valence-electron chi connectivity index (χ3n) is 6.84. The lowest BCUT2D eigenvalue weighted by molar-refractivity contribution is -0.242. The van der Waals surface area contributed by atoms with Crippen molar-refractivity contribution in [2.24, 2.45) is 4.99 Å². The maximum absolute atomic E-state index is 6.81. The van der Waals surface area contributed by atoms with Gasteiger partial charge in [0.2, 0.25) is 6.29 Å². The van der Waals surface area contributed by atoms with Crippen LogP contribution in [0, 0.1) is 0 Å². The van der Waals surface area contributed by atoms with Crippen LogP contribution in [0.2, 0.25) is 36.3 Å². The average molecular weight is 416 g/mol. The second kappa shape index (κ2) is 7.24. The van der Waals surface area contributed by atoms with Crippen LogP contribution in [0.3, 0.4) is 0 Å². The van der Waals surface area contributed by atoms with E-state index in [4.69, 9.17) is 23.3 Å². The first kappa shape index (κ1) is 23.1. The summed E-state index contributed by atoms with van der Waals surface area (Å²) in [6.07, 6.45) is -0.822. The van der Waals surface area contributed by atoms with Crippen molar-refractivity contribution in [1.82, 2.24) is 0 Å². The molecule has 2 aliphatic heterocycles. The first-order valence-electron chi connectivity index (χ1n) is 10.2. The fraction of sp³-hybridized carbons (Fsp3) is 0.950.